The molecule has 1 atom stereocenters. The second-order valence-corrected chi connectivity index (χ2v) is 11.2. The molecule has 0 saturated carbocycles. The van der Waals surface area contributed by atoms with Crippen LogP contribution in [0.4, 0.5) is 5.69 Å². The summed E-state index contributed by atoms with van der Waals surface area (Å²) in [5.41, 5.74) is 1.44. The Labute approximate surface area is 184 Å². The van der Waals surface area contributed by atoms with Gasteiger partial charge in [0.05, 0.1) is 3.79 Å². The van der Waals surface area contributed by atoms with Crippen LogP contribution in [0.1, 0.15) is 5.56 Å². The highest BCUT2D eigenvalue weighted by Crippen LogP contribution is 2.26. The average Bonchev–Trinajstić information content (AvgIpc) is 3.11. The lowest BCUT2D eigenvalue weighted by Crippen LogP contribution is -2.45. The first-order valence-electron chi connectivity index (χ1n) is 8.21. The van der Waals surface area contributed by atoms with Crippen molar-refractivity contribution in [2.45, 2.75) is 16.7 Å². The van der Waals surface area contributed by atoms with Crippen molar-refractivity contribution in [3.05, 3.63) is 80.6 Å². The molecule has 0 aliphatic rings. The minimum Gasteiger partial charge on any atom is -0.325 e. The van der Waals surface area contributed by atoms with E-state index >= 15 is 0 Å². The zero-order valence-corrected chi connectivity index (χ0v) is 19.2. The van der Waals surface area contributed by atoms with E-state index in [4.69, 9.17) is 0 Å². The van der Waals surface area contributed by atoms with Crippen LogP contribution in [0.15, 0.2) is 79.2 Å². The molecule has 3 rings (SSSR count). The van der Waals surface area contributed by atoms with Gasteiger partial charge in [-0.3, -0.25) is 4.79 Å². The third-order valence-corrected chi connectivity index (χ3v) is 7.94. The van der Waals surface area contributed by atoms with E-state index in [2.05, 4.69) is 41.9 Å². The van der Waals surface area contributed by atoms with Crippen molar-refractivity contribution in [2.75, 3.05) is 5.32 Å². The Morgan fingerprint density at radius 1 is 0.964 bits per heavy atom. The van der Waals surface area contributed by atoms with Gasteiger partial charge in [0.15, 0.2) is 0 Å². The fraction of sp³-hybridized carbons (Fsp3) is 0.105. The van der Waals surface area contributed by atoms with E-state index in [0.29, 0.717) is 9.47 Å². The highest BCUT2D eigenvalue weighted by atomic mass is 79.9. The topological polar surface area (TPSA) is 75.3 Å². The molecule has 9 heteroatoms. The van der Waals surface area contributed by atoms with E-state index in [1.165, 1.54) is 6.07 Å². The second kappa shape index (κ2) is 9.32. The first-order valence-corrected chi connectivity index (χ1v) is 12.1. The Morgan fingerprint density at radius 3 is 2.25 bits per heavy atom. The first-order chi connectivity index (χ1) is 13.3. The molecule has 0 spiro atoms. The highest BCUT2D eigenvalue weighted by Gasteiger charge is 2.27. The van der Waals surface area contributed by atoms with Gasteiger partial charge in [-0.1, -0.05) is 46.3 Å². The summed E-state index contributed by atoms with van der Waals surface area (Å²) in [7, 11) is -3.83. The summed E-state index contributed by atoms with van der Waals surface area (Å²) < 4.78 is 29.8. The SMILES string of the molecule is O=C(Nc1ccc(Br)cc1)[C@H](Cc1ccccc1)NS(=O)(=O)c1ccc(Br)s1. The number of benzene rings is 2. The summed E-state index contributed by atoms with van der Waals surface area (Å²) in [4.78, 5) is 12.9. The number of amides is 1. The van der Waals surface area contributed by atoms with Gasteiger partial charge in [0.1, 0.15) is 10.3 Å². The molecular weight excluding hydrogens is 528 g/mol. The van der Waals surface area contributed by atoms with Crippen LogP contribution in [0.5, 0.6) is 0 Å². The summed E-state index contributed by atoms with van der Waals surface area (Å²) in [6, 6.07) is 18.6. The number of rotatable bonds is 7. The summed E-state index contributed by atoms with van der Waals surface area (Å²) in [5, 5.41) is 2.78. The van der Waals surface area contributed by atoms with Gasteiger partial charge < -0.3 is 5.32 Å². The maximum atomic E-state index is 12.9. The molecule has 0 unspecified atom stereocenters. The number of hydrogen-bond donors (Lipinski definition) is 2. The third-order valence-electron chi connectivity index (χ3n) is 3.82. The third kappa shape index (κ3) is 5.74. The standard InChI is InChI=1S/C19H16Br2N2O3S2/c20-14-6-8-15(9-7-14)22-19(24)16(12-13-4-2-1-3-5-13)23-28(25,26)18-11-10-17(21)27-18/h1-11,16,23H,12H2,(H,22,24)/t16-/m0/s1. The maximum absolute atomic E-state index is 12.9. The van der Waals surface area contributed by atoms with Crippen molar-refractivity contribution in [3.8, 4) is 0 Å². The Kier molecular flexibility index (Phi) is 7.05. The number of carbonyl (C=O) groups is 1. The number of halogens is 2. The van der Waals surface area contributed by atoms with Gasteiger partial charge >= 0.3 is 0 Å². The van der Waals surface area contributed by atoms with Crippen LogP contribution in [0.2, 0.25) is 0 Å². The van der Waals surface area contributed by atoms with Gasteiger partial charge in [0.25, 0.3) is 10.0 Å². The Hall–Kier alpha value is -1.52. The molecule has 2 aromatic carbocycles. The van der Waals surface area contributed by atoms with E-state index in [0.717, 1.165) is 21.4 Å². The molecule has 0 aliphatic heterocycles. The van der Waals surface area contributed by atoms with Gasteiger partial charge in [-0.25, -0.2) is 8.42 Å². The smallest absolute Gasteiger partial charge is 0.250 e. The zero-order chi connectivity index (χ0) is 20.1. The van der Waals surface area contributed by atoms with E-state index in [-0.39, 0.29) is 10.6 Å². The van der Waals surface area contributed by atoms with Crippen molar-refractivity contribution >= 4 is 64.8 Å². The Morgan fingerprint density at radius 2 is 1.64 bits per heavy atom. The molecule has 3 aromatic rings. The van der Waals surface area contributed by atoms with E-state index in [1.54, 1.807) is 30.3 Å². The quantitative estimate of drug-likeness (QED) is 0.449. The number of hydrogen-bond acceptors (Lipinski definition) is 4. The van der Waals surface area contributed by atoms with Crippen LogP contribution in [-0.2, 0) is 21.2 Å². The van der Waals surface area contributed by atoms with Crippen molar-refractivity contribution in [1.82, 2.24) is 4.72 Å². The van der Waals surface area contributed by atoms with Gasteiger partial charge in [-0.2, -0.15) is 4.72 Å². The largest absolute Gasteiger partial charge is 0.325 e. The average molecular weight is 544 g/mol. The van der Waals surface area contributed by atoms with Crippen molar-refractivity contribution in [3.63, 3.8) is 0 Å². The van der Waals surface area contributed by atoms with E-state index < -0.39 is 22.0 Å². The van der Waals surface area contributed by atoms with Crippen LogP contribution < -0.4 is 10.0 Å². The minimum atomic E-state index is -3.83. The predicted molar refractivity (Wildman–Crippen MR) is 119 cm³/mol. The minimum absolute atomic E-state index is 0.147. The molecule has 0 bridgehead atoms. The molecule has 1 heterocycles. The molecule has 5 nitrogen and oxygen atoms in total. The van der Waals surface area contributed by atoms with Crippen molar-refractivity contribution < 1.29 is 13.2 Å². The lowest BCUT2D eigenvalue weighted by Gasteiger charge is -2.18. The highest BCUT2D eigenvalue weighted by molar-refractivity contribution is 9.11. The van der Waals surface area contributed by atoms with Crippen LogP contribution in [0, 0.1) is 0 Å². The normalized spacial score (nSPS) is 12.5. The molecule has 146 valence electrons. The summed E-state index contributed by atoms with van der Waals surface area (Å²) in [6.45, 7) is 0. The summed E-state index contributed by atoms with van der Waals surface area (Å²) in [6.07, 6.45) is 0.231. The van der Waals surface area contributed by atoms with Crippen LogP contribution in [0.3, 0.4) is 0 Å². The molecule has 1 amide bonds. The second-order valence-electron chi connectivity index (χ2n) is 5.92. The molecule has 2 N–H and O–H groups in total. The fourth-order valence-electron chi connectivity index (χ4n) is 2.49. The number of anilines is 1. The van der Waals surface area contributed by atoms with Crippen LogP contribution >= 0.6 is 43.2 Å². The zero-order valence-electron chi connectivity index (χ0n) is 14.4. The van der Waals surface area contributed by atoms with Crippen molar-refractivity contribution in [2.24, 2.45) is 0 Å². The molecule has 0 radical (unpaired) electrons. The first kappa shape index (κ1) is 21.2. The lowest BCUT2D eigenvalue weighted by atomic mass is 10.1. The maximum Gasteiger partial charge on any atom is 0.250 e. The molecule has 0 fully saturated rings. The van der Waals surface area contributed by atoms with Crippen LogP contribution in [-0.4, -0.2) is 20.4 Å². The molecule has 28 heavy (non-hydrogen) atoms. The number of nitrogens with one attached hydrogen (secondary N) is 2. The van der Waals surface area contributed by atoms with Gasteiger partial charge in [0, 0.05) is 10.2 Å². The Balaban J connectivity index is 1.83. The van der Waals surface area contributed by atoms with E-state index in [1.807, 2.05) is 30.3 Å². The van der Waals surface area contributed by atoms with Crippen molar-refractivity contribution in [1.29, 1.82) is 0 Å². The molecule has 0 saturated heterocycles. The van der Waals surface area contributed by atoms with Gasteiger partial charge in [-0.15, -0.1) is 11.3 Å². The van der Waals surface area contributed by atoms with E-state index in [9.17, 15) is 13.2 Å². The van der Waals surface area contributed by atoms with Crippen LogP contribution in [0.25, 0.3) is 0 Å². The molecular formula is C19H16Br2N2O3S2. The summed E-state index contributed by atoms with van der Waals surface area (Å²) >= 11 is 7.70. The number of thiophene rings is 1. The lowest BCUT2D eigenvalue weighted by molar-refractivity contribution is -0.117. The summed E-state index contributed by atoms with van der Waals surface area (Å²) in [5.74, 6) is -0.426. The molecule has 0 aliphatic carbocycles. The van der Waals surface area contributed by atoms with Gasteiger partial charge in [0.2, 0.25) is 5.91 Å². The number of carbonyl (C=O) groups excluding carboxylic acids is 1. The monoisotopic (exact) mass is 542 g/mol. The fourth-order valence-corrected chi connectivity index (χ4v) is 5.97. The predicted octanol–water partition coefficient (Wildman–Crippen LogP) is 4.80. The van der Waals surface area contributed by atoms with Gasteiger partial charge in [-0.05, 0) is 64.3 Å². The number of sulfonamides is 1. The Bertz CT molecular complexity index is 1050. The molecule has 1 aromatic heterocycles.